The molecule has 5 nitrogen and oxygen atoms in total. The van der Waals surface area contributed by atoms with Gasteiger partial charge in [-0.3, -0.25) is 14.3 Å². The maximum Gasteiger partial charge on any atom is 0.332 e. The van der Waals surface area contributed by atoms with Crippen LogP contribution in [-0.4, -0.2) is 16.7 Å². The van der Waals surface area contributed by atoms with Crippen LogP contribution in [0.25, 0.3) is 17.8 Å². The smallest absolute Gasteiger partial charge is 0.332 e. The van der Waals surface area contributed by atoms with Gasteiger partial charge >= 0.3 is 5.69 Å². The van der Waals surface area contributed by atoms with Gasteiger partial charge in [0, 0.05) is 23.4 Å². The molecule has 29 heavy (non-hydrogen) atoms. The molecule has 0 aliphatic carbocycles. The molecule has 0 unspecified atom stereocenters. The molecule has 0 aliphatic heterocycles. The molecule has 2 aromatic carbocycles. The highest BCUT2D eigenvalue weighted by atomic mass is 16.5. The molecular weight excluding hydrogens is 364 g/mol. The van der Waals surface area contributed by atoms with Gasteiger partial charge in [0.25, 0.3) is 5.56 Å². The van der Waals surface area contributed by atoms with E-state index < -0.39 is 11.2 Å². The maximum absolute atomic E-state index is 12.3. The lowest BCUT2D eigenvalue weighted by Crippen LogP contribution is -2.28. The molecule has 1 N–H and O–H groups in total. The summed E-state index contributed by atoms with van der Waals surface area (Å²) >= 11 is 0. The molecule has 1 heterocycles. The number of hydrogen-bond acceptors (Lipinski definition) is 3. The summed E-state index contributed by atoms with van der Waals surface area (Å²) < 4.78 is 7.18. The van der Waals surface area contributed by atoms with Crippen molar-refractivity contribution in [2.75, 3.05) is 7.11 Å². The number of aromatic nitrogens is 2. The molecular formula is C24H26N2O3. The van der Waals surface area contributed by atoms with E-state index in [-0.39, 0.29) is 5.41 Å². The van der Waals surface area contributed by atoms with E-state index >= 15 is 0 Å². The van der Waals surface area contributed by atoms with E-state index in [2.05, 4.69) is 56.9 Å². The highest BCUT2D eigenvalue weighted by Gasteiger charge is 2.22. The van der Waals surface area contributed by atoms with E-state index in [0.717, 1.165) is 22.4 Å². The van der Waals surface area contributed by atoms with E-state index in [0.29, 0.717) is 5.69 Å². The van der Waals surface area contributed by atoms with Crippen molar-refractivity contribution in [1.29, 1.82) is 0 Å². The number of rotatable bonds is 4. The summed E-state index contributed by atoms with van der Waals surface area (Å²) in [7, 11) is 1.65. The molecule has 5 heteroatoms. The Balaban J connectivity index is 2.21. The van der Waals surface area contributed by atoms with Crippen molar-refractivity contribution in [1.82, 2.24) is 9.55 Å². The zero-order valence-electron chi connectivity index (χ0n) is 17.4. The summed E-state index contributed by atoms with van der Waals surface area (Å²) in [5.41, 5.74) is 3.66. The quantitative estimate of drug-likeness (QED) is 0.675. The molecule has 0 fully saturated rings. The number of aryl methyl sites for hydroxylation is 1. The number of nitrogens with zero attached hydrogens (tertiary/aromatic N) is 1. The number of aromatic amines is 1. The molecule has 0 amide bonds. The summed E-state index contributed by atoms with van der Waals surface area (Å²) in [4.78, 5) is 26.1. The second-order valence-electron chi connectivity index (χ2n) is 8.09. The van der Waals surface area contributed by atoms with Crippen molar-refractivity contribution in [3.05, 3.63) is 91.8 Å². The van der Waals surface area contributed by atoms with Gasteiger partial charge in [-0.15, -0.1) is 0 Å². The Morgan fingerprint density at radius 1 is 1.00 bits per heavy atom. The lowest BCUT2D eigenvalue weighted by molar-refractivity contribution is 0.396. The predicted molar refractivity (Wildman–Crippen MR) is 118 cm³/mol. The summed E-state index contributed by atoms with van der Waals surface area (Å²) in [6.45, 7) is 8.34. The fourth-order valence-corrected chi connectivity index (χ4v) is 3.17. The minimum absolute atomic E-state index is 0.209. The van der Waals surface area contributed by atoms with E-state index in [1.54, 1.807) is 7.11 Å². The van der Waals surface area contributed by atoms with Crippen LogP contribution >= 0.6 is 0 Å². The Morgan fingerprint density at radius 2 is 1.69 bits per heavy atom. The predicted octanol–water partition coefficient (Wildman–Crippen LogP) is 4.31. The highest BCUT2D eigenvalue weighted by molar-refractivity contribution is 5.75. The van der Waals surface area contributed by atoms with Crippen molar-refractivity contribution in [2.24, 2.45) is 0 Å². The Kier molecular flexibility index (Phi) is 5.59. The number of nitrogens with one attached hydrogen (secondary N) is 1. The number of benzene rings is 2. The summed E-state index contributed by atoms with van der Waals surface area (Å²) in [6.07, 6.45) is 5.49. The molecule has 150 valence electrons. The molecule has 0 saturated heterocycles. The third kappa shape index (κ3) is 4.57. The second-order valence-corrected chi connectivity index (χ2v) is 8.09. The first-order valence-corrected chi connectivity index (χ1v) is 9.48. The van der Waals surface area contributed by atoms with E-state index in [1.807, 2.05) is 24.3 Å². The molecule has 0 atom stereocenters. The van der Waals surface area contributed by atoms with Gasteiger partial charge in [0.1, 0.15) is 5.75 Å². The van der Waals surface area contributed by atoms with Gasteiger partial charge in [-0.05, 0) is 30.0 Å². The minimum Gasteiger partial charge on any atom is -0.496 e. The van der Waals surface area contributed by atoms with Crippen LogP contribution < -0.4 is 16.0 Å². The first kappa shape index (κ1) is 20.4. The number of hydrogen-bond donors (Lipinski definition) is 1. The van der Waals surface area contributed by atoms with Crippen LogP contribution in [0.5, 0.6) is 5.75 Å². The van der Waals surface area contributed by atoms with Crippen molar-refractivity contribution in [3.8, 4) is 11.4 Å². The van der Waals surface area contributed by atoms with Gasteiger partial charge in [0.2, 0.25) is 0 Å². The van der Waals surface area contributed by atoms with Crippen LogP contribution in [-0.2, 0) is 5.41 Å². The maximum atomic E-state index is 12.3. The Labute approximate surface area is 170 Å². The third-order valence-corrected chi connectivity index (χ3v) is 4.75. The Bertz CT molecular complexity index is 1160. The second kappa shape index (κ2) is 7.95. The number of ether oxygens (including phenoxy) is 1. The molecule has 0 bridgehead atoms. The van der Waals surface area contributed by atoms with Gasteiger partial charge in [-0.1, -0.05) is 62.8 Å². The fourth-order valence-electron chi connectivity index (χ4n) is 3.17. The number of H-pyrrole nitrogens is 1. The van der Waals surface area contributed by atoms with Crippen LogP contribution in [0.3, 0.4) is 0 Å². The first-order valence-electron chi connectivity index (χ1n) is 9.48. The van der Waals surface area contributed by atoms with Crippen LogP contribution in [0, 0.1) is 6.92 Å². The van der Waals surface area contributed by atoms with E-state index in [1.165, 1.54) is 22.4 Å². The SMILES string of the molecule is COc1c(/C=C/c2ccc(C)cc2)cc(-n2ccc(=O)[nH]c2=O)cc1C(C)(C)C. The standard InChI is InChI=1S/C24H26N2O3/c1-16-6-8-17(9-7-16)10-11-18-14-19(26-13-12-21(27)25-23(26)28)15-20(22(18)29-5)24(2,3)4/h6-15H,1-5H3,(H,25,27,28)/b11-10+. The highest BCUT2D eigenvalue weighted by Crippen LogP contribution is 2.37. The Hall–Kier alpha value is -3.34. The van der Waals surface area contributed by atoms with Crippen LogP contribution in [0.1, 0.15) is 43.0 Å². The van der Waals surface area contributed by atoms with Crippen LogP contribution in [0.4, 0.5) is 0 Å². The topological polar surface area (TPSA) is 64.1 Å². The lowest BCUT2D eigenvalue weighted by Gasteiger charge is -2.25. The van der Waals surface area contributed by atoms with Crippen LogP contribution in [0.15, 0.2) is 58.3 Å². The molecule has 3 rings (SSSR count). The Morgan fingerprint density at radius 3 is 2.28 bits per heavy atom. The molecule has 3 aromatic rings. The van der Waals surface area contributed by atoms with Crippen LogP contribution in [0.2, 0.25) is 0 Å². The van der Waals surface area contributed by atoms with E-state index in [9.17, 15) is 9.59 Å². The largest absolute Gasteiger partial charge is 0.496 e. The van der Waals surface area contributed by atoms with Crippen molar-refractivity contribution in [3.63, 3.8) is 0 Å². The normalized spacial score (nSPS) is 11.8. The van der Waals surface area contributed by atoms with Crippen molar-refractivity contribution >= 4 is 12.2 Å². The van der Waals surface area contributed by atoms with Gasteiger partial charge in [-0.2, -0.15) is 0 Å². The third-order valence-electron chi connectivity index (χ3n) is 4.75. The summed E-state index contributed by atoms with van der Waals surface area (Å²) in [6, 6.07) is 13.4. The number of methoxy groups -OCH3 is 1. The van der Waals surface area contributed by atoms with Crippen molar-refractivity contribution < 1.29 is 4.74 Å². The summed E-state index contributed by atoms with van der Waals surface area (Å²) in [5, 5.41) is 0. The van der Waals surface area contributed by atoms with Gasteiger partial charge < -0.3 is 4.74 Å². The fraction of sp³-hybridized carbons (Fsp3) is 0.250. The molecule has 0 spiro atoms. The van der Waals surface area contributed by atoms with Gasteiger partial charge in [-0.25, -0.2) is 4.79 Å². The zero-order valence-corrected chi connectivity index (χ0v) is 17.4. The molecule has 0 saturated carbocycles. The lowest BCUT2D eigenvalue weighted by atomic mass is 9.84. The average Bonchev–Trinajstić information content (AvgIpc) is 2.66. The molecule has 1 aromatic heterocycles. The minimum atomic E-state index is -0.476. The zero-order chi connectivity index (χ0) is 21.2. The average molecular weight is 390 g/mol. The first-order chi connectivity index (χ1) is 13.7. The van der Waals surface area contributed by atoms with Gasteiger partial charge in [0.05, 0.1) is 12.8 Å². The van der Waals surface area contributed by atoms with E-state index in [4.69, 9.17) is 4.74 Å². The monoisotopic (exact) mass is 390 g/mol. The van der Waals surface area contributed by atoms with Gasteiger partial charge in [0.15, 0.2) is 0 Å². The summed E-state index contributed by atoms with van der Waals surface area (Å²) in [5.74, 6) is 0.766. The molecule has 0 aliphatic rings. The molecule has 0 radical (unpaired) electrons. The van der Waals surface area contributed by atoms with Crippen molar-refractivity contribution in [2.45, 2.75) is 33.1 Å².